The topological polar surface area (TPSA) is 94.5 Å². The van der Waals surface area contributed by atoms with Gasteiger partial charge in [0.1, 0.15) is 5.75 Å². The van der Waals surface area contributed by atoms with Crippen LogP contribution in [0.15, 0.2) is 24.4 Å². The van der Waals surface area contributed by atoms with E-state index in [-0.39, 0.29) is 6.42 Å². The quantitative estimate of drug-likeness (QED) is 0.797. The molecule has 0 amide bonds. The summed E-state index contributed by atoms with van der Waals surface area (Å²) < 4.78 is 5.25. The lowest BCUT2D eigenvalue weighted by molar-refractivity contribution is -0.321. The Hall–Kier alpha value is -1.89. The summed E-state index contributed by atoms with van der Waals surface area (Å²) in [5.41, 5.74) is 0.345. The monoisotopic (exact) mass is 377 g/mol. The number of piperidine rings is 1. The first-order valence-corrected chi connectivity index (χ1v) is 9.07. The van der Waals surface area contributed by atoms with Gasteiger partial charge in [0.25, 0.3) is 0 Å². The zero-order valence-corrected chi connectivity index (χ0v) is 15.4. The Bertz CT molecular complexity index is 805. The molecule has 2 N–H and O–H groups in total. The van der Waals surface area contributed by atoms with Crippen molar-refractivity contribution in [1.82, 2.24) is 10.3 Å². The van der Waals surface area contributed by atoms with Crippen LogP contribution in [0, 0.1) is 5.41 Å². The molecule has 140 valence electrons. The van der Waals surface area contributed by atoms with Crippen molar-refractivity contribution in [3.05, 3.63) is 35.0 Å². The van der Waals surface area contributed by atoms with E-state index in [1.54, 1.807) is 25.3 Å². The highest BCUT2D eigenvalue weighted by atomic mass is 35.5. The number of benzene rings is 1. The van der Waals surface area contributed by atoms with E-state index in [1.165, 1.54) is 6.20 Å². The number of carboxylic acid groups (broad SMARTS) is 1. The summed E-state index contributed by atoms with van der Waals surface area (Å²) in [4.78, 5) is 16.0. The Morgan fingerprint density at radius 1 is 1.46 bits per heavy atom. The molecule has 0 aliphatic carbocycles. The Balaban J connectivity index is 1.88. The van der Waals surface area contributed by atoms with Gasteiger partial charge in [-0.25, -0.2) is 0 Å². The second kappa shape index (κ2) is 7.78. The van der Waals surface area contributed by atoms with Crippen LogP contribution >= 0.6 is 11.6 Å². The molecule has 6 nitrogen and oxygen atoms in total. The number of nitrogens with one attached hydrogen (secondary N) is 1. The van der Waals surface area contributed by atoms with Crippen LogP contribution < -0.4 is 15.2 Å². The molecule has 0 radical (unpaired) electrons. The molecule has 1 fully saturated rings. The minimum atomic E-state index is -1.04. The van der Waals surface area contributed by atoms with Crippen LogP contribution in [0.3, 0.4) is 0 Å². The number of carbonyl (C=O) groups is 1. The molecule has 0 spiro atoms. The predicted octanol–water partition coefficient (Wildman–Crippen LogP) is 1.83. The number of aliphatic hydroxyl groups is 1. The second-order valence-electron chi connectivity index (χ2n) is 6.78. The average molecular weight is 378 g/mol. The molecule has 2 heterocycles. The lowest BCUT2D eigenvalue weighted by Gasteiger charge is -2.39. The van der Waals surface area contributed by atoms with E-state index in [4.69, 9.17) is 16.3 Å². The molecule has 1 atom stereocenters. The van der Waals surface area contributed by atoms with Gasteiger partial charge in [-0.3, -0.25) is 4.98 Å². The number of hydrogen-bond donors (Lipinski definition) is 2. The van der Waals surface area contributed by atoms with Crippen LogP contribution in [0.1, 0.15) is 37.4 Å². The van der Waals surface area contributed by atoms with Gasteiger partial charge in [-0.2, -0.15) is 0 Å². The van der Waals surface area contributed by atoms with E-state index in [9.17, 15) is 15.0 Å². The summed E-state index contributed by atoms with van der Waals surface area (Å²) in [7, 11) is 1.57. The fourth-order valence-electron chi connectivity index (χ4n) is 3.65. The number of rotatable bonds is 6. The Morgan fingerprint density at radius 3 is 2.85 bits per heavy atom. The molecule has 1 aromatic heterocycles. The molecule has 1 aromatic carbocycles. The molecule has 7 heteroatoms. The molecule has 0 bridgehead atoms. The molecule has 2 aromatic rings. The number of hydrogen-bond acceptors (Lipinski definition) is 6. The molecule has 0 saturated carbocycles. The largest absolute Gasteiger partial charge is 0.550 e. The van der Waals surface area contributed by atoms with Crippen LogP contribution in [-0.4, -0.2) is 36.3 Å². The third kappa shape index (κ3) is 3.63. The highest BCUT2D eigenvalue weighted by Crippen LogP contribution is 2.39. The van der Waals surface area contributed by atoms with Crippen LogP contribution in [0.4, 0.5) is 0 Å². The van der Waals surface area contributed by atoms with Gasteiger partial charge in [-0.05, 0) is 57.0 Å². The highest BCUT2D eigenvalue weighted by Gasteiger charge is 2.34. The smallest absolute Gasteiger partial charge is 0.119 e. The van der Waals surface area contributed by atoms with Gasteiger partial charge in [0.2, 0.25) is 0 Å². The summed E-state index contributed by atoms with van der Waals surface area (Å²) >= 11 is 6.31. The predicted molar refractivity (Wildman–Crippen MR) is 97.0 cm³/mol. The highest BCUT2D eigenvalue weighted by molar-refractivity contribution is 6.32. The van der Waals surface area contributed by atoms with Crippen molar-refractivity contribution >= 4 is 28.5 Å². The van der Waals surface area contributed by atoms with Gasteiger partial charge in [-0.1, -0.05) is 11.6 Å². The van der Waals surface area contributed by atoms with Gasteiger partial charge < -0.3 is 25.1 Å². The summed E-state index contributed by atoms with van der Waals surface area (Å²) in [6.45, 7) is 1.28. The van der Waals surface area contributed by atoms with Crippen molar-refractivity contribution in [2.45, 2.75) is 31.8 Å². The number of methoxy groups -OCH3 is 1. The standard InChI is InChI=1S/C19H23ClN2O4/c1-26-12-2-3-15-13(10-12)17(14(20)11-22-15)16(23)4-5-19(18(24)25)6-8-21-9-7-19/h2-3,10-11,16,21,23H,4-9H2,1H3,(H,24,25)/p-1. The first-order valence-electron chi connectivity index (χ1n) is 8.69. The van der Waals surface area contributed by atoms with Crippen LogP contribution in [0.2, 0.25) is 5.02 Å². The minimum Gasteiger partial charge on any atom is -0.550 e. The lowest BCUT2D eigenvalue weighted by Crippen LogP contribution is -2.48. The van der Waals surface area contributed by atoms with Crippen LogP contribution in [0.25, 0.3) is 10.9 Å². The summed E-state index contributed by atoms with van der Waals surface area (Å²) in [6.07, 6.45) is 2.23. The molecule has 26 heavy (non-hydrogen) atoms. The van der Waals surface area contributed by atoms with Gasteiger partial charge in [0, 0.05) is 28.5 Å². The summed E-state index contributed by atoms with van der Waals surface area (Å²) in [6, 6.07) is 5.38. The van der Waals surface area contributed by atoms with E-state index in [0.717, 1.165) is 0 Å². The first-order chi connectivity index (χ1) is 12.5. The average Bonchev–Trinajstić information content (AvgIpc) is 2.66. The van der Waals surface area contributed by atoms with E-state index < -0.39 is 17.5 Å². The molecule has 3 rings (SSSR count). The lowest BCUT2D eigenvalue weighted by atomic mass is 9.74. The maximum absolute atomic E-state index is 11.7. The van der Waals surface area contributed by atoms with Crippen LogP contribution in [0.5, 0.6) is 5.75 Å². The van der Waals surface area contributed by atoms with Crippen molar-refractivity contribution in [3.63, 3.8) is 0 Å². The first kappa shape index (κ1) is 18.9. The zero-order valence-electron chi connectivity index (χ0n) is 14.6. The van der Waals surface area contributed by atoms with Crippen molar-refractivity contribution < 1.29 is 19.7 Å². The van der Waals surface area contributed by atoms with Gasteiger partial charge >= 0.3 is 0 Å². The van der Waals surface area contributed by atoms with Crippen molar-refractivity contribution in [1.29, 1.82) is 0 Å². The second-order valence-corrected chi connectivity index (χ2v) is 7.18. The third-order valence-electron chi connectivity index (χ3n) is 5.29. The molecule has 1 aliphatic rings. The zero-order chi connectivity index (χ0) is 18.7. The van der Waals surface area contributed by atoms with E-state index >= 15 is 0 Å². The van der Waals surface area contributed by atoms with Gasteiger partial charge in [0.15, 0.2) is 0 Å². The Labute approximate surface area is 157 Å². The fourth-order valence-corrected chi connectivity index (χ4v) is 3.93. The number of halogens is 1. The van der Waals surface area contributed by atoms with Crippen molar-refractivity contribution in [2.75, 3.05) is 20.2 Å². The van der Waals surface area contributed by atoms with Crippen molar-refractivity contribution in [2.24, 2.45) is 5.41 Å². The fraction of sp³-hybridized carbons (Fsp3) is 0.474. The molecule has 1 unspecified atom stereocenters. The minimum absolute atomic E-state index is 0.282. The van der Waals surface area contributed by atoms with Crippen molar-refractivity contribution in [3.8, 4) is 5.75 Å². The van der Waals surface area contributed by atoms with E-state index in [0.29, 0.717) is 59.6 Å². The van der Waals surface area contributed by atoms with Gasteiger partial charge in [0.05, 0.1) is 23.8 Å². The number of ether oxygens (including phenoxy) is 1. The number of aliphatic hydroxyl groups excluding tert-OH is 1. The number of carboxylic acids is 1. The molecule has 1 aliphatic heterocycles. The molecule has 1 saturated heterocycles. The Morgan fingerprint density at radius 2 is 2.19 bits per heavy atom. The van der Waals surface area contributed by atoms with Gasteiger partial charge in [-0.15, -0.1) is 0 Å². The number of aliphatic carboxylic acids is 1. The number of pyridine rings is 1. The summed E-state index contributed by atoms with van der Waals surface area (Å²) in [5.74, 6) is -0.405. The van der Waals surface area contributed by atoms with Crippen LogP contribution in [-0.2, 0) is 4.79 Å². The number of fused-ring (bicyclic) bond motifs is 1. The maximum Gasteiger partial charge on any atom is 0.119 e. The number of carbonyl (C=O) groups excluding carboxylic acids is 1. The number of aromatic nitrogens is 1. The SMILES string of the molecule is COc1ccc2ncc(Cl)c(C(O)CCC3(C(=O)[O-])CCNCC3)c2c1. The number of nitrogens with zero attached hydrogens (tertiary/aromatic N) is 1. The van der Waals surface area contributed by atoms with E-state index in [2.05, 4.69) is 10.3 Å². The Kier molecular flexibility index (Phi) is 5.65. The molecular weight excluding hydrogens is 356 g/mol. The molecular formula is C19H22ClN2O4-. The third-order valence-corrected chi connectivity index (χ3v) is 5.59. The summed E-state index contributed by atoms with van der Waals surface area (Å²) in [5, 5.41) is 26.7. The normalized spacial score (nSPS) is 17.8. The van der Waals surface area contributed by atoms with E-state index in [1.807, 2.05) is 0 Å². The maximum atomic E-state index is 11.7.